The lowest BCUT2D eigenvalue weighted by atomic mass is 10.3. The molecule has 1 aliphatic carbocycles. The highest BCUT2D eigenvalue weighted by Crippen LogP contribution is 2.39. The summed E-state index contributed by atoms with van der Waals surface area (Å²) in [4.78, 5) is 0.313. The number of nitrogens with zero attached hydrogens (tertiary/aromatic N) is 1. The van der Waals surface area contributed by atoms with Gasteiger partial charge in [0, 0.05) is 22.5 Å². The van der Waals surface area contributed by atoms with Crippen molar-refractivity contribution >= 4 is 41.9 Å². The number of hydrogen-bond acceptors (Lipinski definition) is 2. The highest BCUT2D eigenvalue weighted by molar-refractivity contribution is 9.11. The Morgan fingerprint density at radius 1 is 1.39 bits per heavy atom. The van der Waals surface area contributed by atoms with Crippen LogP contribution in [-0.4, -0.2) is 26.3 Å². The summed E-state index contributed by atoms with van der Waals surface area (Å²) in [7, 11) is -1.77. The minimum atomic E-state index is -3.41. The molecule has 2 unspecified atom stereocenters. The average molecular weight is 397 g/mol. The molecule has 1 fully saturated rings. The molecule has 18 heavy (non-hydrogen) atoms. The van der Waals surface area contributed by atoms with E-state index >= 15 is 0 Å². The van der Waals surface area contributed by atoms with Crippen LogP contribution >= 0.6 is 31.9 Å². The smallest absolute Gasteiger partial charge is 0.207 e. The fourth-order valence-electron chi connectivity index (χ4n) is 1.92. The first-order chi connectivity index (χ1) is 8.32. The van der Waals surface area contributed by atoms with Crippen molar-refractivity contribution in [3.8, 4) is 0 Å². The van der Waals surface area contributed by atoms with Crippen LogP contribution in [0.25, 0.3) is 0 Å². The second-order valence-electron chi connectivity index (χ2n) is 4.83. The molecule has 1 saturated carbocycles. The molecular formula is C12H15Br2NO2S. The molecule has 0 heterocycles. The van der Waals surface area contributed by atoms with E-state index in [4.69, 9.17) is 0 Å². The minimum absolute atomic E-state index is 0.313. The van der Waals surface area contributed by atoms with E-state index in [1.54, 1.807) is 19.2 Å². The van der Waals surface area contributed by atoms with Gasteiger partial charge in [-0.15, -0.1) is 0 Å². The molecule has 1 aromatic carbocycles. The summed E-state index contributed by atoms with van der Waals surface area (Å²) in [6.45, 7) is 2.75. The van der Waals surface area contributed by atoms with E-state index in [2.05, 4.69) is 38.8 Å². The summed E-state index contributed by atoms with van der Waals surface area (Å²) in [6, 6.07) is 5.18. The van der Waals surface area contributed by atoms with Gasteiger partial charge in [0.25, 0.3) is 0 Å². The Hall–Kier alpha value is 0.0900. The summed E-state index contributed by atoms with van der Waals surface area (Å²) in [5, 5.41) is 0. The minimum Gasteiger partial charge on any atom is -0.207 e. The second-order valence-corrected chi connectivity index (χ2v) is 8.62. The van der Waals surface area contributed by atoms with Crippen LogP contribution in [0, 0.1) is 11.8 Å². The molecule has 1 aromatic rings. The molecule has 0 N–H and O–H groups in total. The topological polar surface area (TPSA) is 37.4 Å². The summed E-state index contributed by atoms with van der Waals surface area (Å²) in [5.41, 5.74) is 0. The van der Waals surface area contributed by atoms with Crippen LogP contribution in [0.5, 0.6) is 0 Å². The predicted molar refractivity (Wildman–Crippen MR) is 78.9 cm³/mol. The molecule has 0 saturated heterocycles. The highest BCUT2D eigenvalue weighted by Gasteiger charge is 2.36. The third-order valence-electron chi connectivity index (χ3n) is 3.35. The van der Waals surface area contributed by atoms with Crippen LogP contribution in [-0.2, 0) is 10.0 Å². The summed E-state index contributed by atoms with van der Waals surface area (Å²) < 4.78 is 27.7. The van der Waals surface area contributed by atoms with Gasteiger partial charge >= 0.3 is 0 Å². The van der Waals surface area contributed by atoms with Crippen LogP contribution < -0.4 is 0 Å². The highest BCUT2D eigenvalue weighted by atomic mass is 79.9. The Morgan fingerprint density at radius 2 is 2.00 bits per heavy atom. The van der Waals surface area contributed by atoms with Gasteiger partial charge in [0.1, 0.15) is 0 Å². The maximum Gasteiger partial charge on any atom is 0.243 e. The van der Waals surface area contributed by atoms with E-state index in [9.17, 15) is 8.42 Å². The van der Waals surface area contributed by atoms with Gasteiger partial charge < -0.3 is 0 Å². The monoisotopic (exact) mass is 395 g/mol. The molecule has 3 nitrogen and oxygen atoms in total. The van der Waals surface area contributed by atoms with E-state index in [1.807, 2.05) is 6.07 Å². The molecule has 0 spiro atoms. The molecule has 0 aliphatic heterocycles. The lowest BCUT2D eigenvalue weighted by Crippen LogP contribution is -2.29. The average Bonchev–Trinajstić information content (AvgIpc) is 2.97. The molecular weight excluding hydrogens is 382 g/mol. The van der Waals surface area contributed by atoms with Gasteiger partial charge in [0.2, 0.25) is 10.0 Å². The standard InChI is InChI=1S/C12H15Br2NO2S/c1-8-5-9(8)7-15(2)18(16,17)12-6-10(13)3-4-11(12)14/h3-4,6,8-9H,5,7H2,1-2H3. The van der Waals surface area contributed by atoms with Gasteiger partial charge in [0.05, 0.1) is 4.90 Å². The zero-order chi connectivity index (χ0) is 13.5. The molecule has 1 aliphatic rings. The molecule has 100 valence electrons. The van der Waals surface area contributed by atoms with Crippen LogP contribution in [0.2, 0.25) is 0 Å². The van der Waals surface area contributed by atoms with Gasteiger partial charge in [-0.05, 0) is 52.4 Å². The molecule has 2 atom stereocenters. The van der Waals surface area contributed by atoms with Crippen LogP contribution in [0.3, 0.4) is 0 Å². The predicted octanol–water partition coefficient (Wildman–Crippen LogP) is 3.49. The number of sulfonamides is 1. The van der Waals surface area contributed by atoms with Gasteiger partial charge in [-0.3, -0.25) is 0 Å². The zero-order valence-electron chi connectivity index (χ0n) is 10.2. The maximum absolute atomic E-state index is 12.5. The first-order valence-corrected chi connectivity index (χ1v) is 8.76. The molecule has 0 radical (unpaired) electrons. The number of benzene rings is 1. The van der Waals surface area contributed by atoms with Crippen molar-refractivity contribution in [3.05, 3.63) is 27.1 Å². The van der Waals surface area contributed by atoms with Gasteiger partial charge in [-0.25, -0.2) is 12.7 Å². The first kappa shape index (κ1) is 14.5. The molecule has 0 bridgehead atoms. The molecule has 2 rings (SSSR count). The van der Waals surface area contributed by atoms with Crippen molar-refractivity contribution in [1.29, 1.82) is 0 Å². The van der Waals surface area contributed by atoms with Gasteiger partial charge in [-0.1, -0.05) is 22.9 Å². The largest absolute Gasteiger partial charge is 0.243 e. The van der Waals surface area contributed by atoms with Crippen molar-refractivity contribution in [2.75, 3.05) is 13.6 Å². The van der Waals surface area contributed by atoms with Crippen molar-refractivity contribution in [3.63, 3.8) is 0 Å². The third kappa shape index (κ3) is 2.98. The van der Waals surface area contributed by atoms with E-state index < -0.39 is 10.0 Å². The third-order valence-corrected chi connectivity index (χ3v) is 6.66. The van der Waals surface area contributed by atoms with Crippen molar-refractivity contribution in [2.24, 2.45) is 11.8 Å². The van der Waals surface area contributed by atoms with Crippen LogP contribution in [0.1, 0.15) is 13.3 Å². The Bertz CT molecular complexity index is 559. The van der Waals surface area contributed by atoms with E-state index in [1.165, 1.54) is 4.31 Å². The zero-order valence-corrected chi connectivity index (χ0v) is 14.2. The lowest BCUT2D eigenvalue weighted by Gasteiger charge is -2.18. The van der Waals surface area contributed by atoms with Crippen LogP contribution in [0.15, 0.2) is 32.0 Å². The molecule has 0 aromatic heterocycles. The van der Waals surface area contributed by atoms with Crippen LogP contribution in [0.4, 0.5) is 0 Å². The molecule has 0 amide bonds. The van der Waals surface area contributed by atoms with Crippen molar-refractivity contribution in [1.82, 2.24) is 4.31 Å². The van der Waals surface area contributed by atoms with Crippen molar-refractivity contribution < 1.29 is 8.42 Å². The fourth-order valence-corrected chi connectivity index (χ4v) is 4.61. The lowest BCUT2D eigenvalue weighted by molar-refractivity contribution is 0.444. The number of halogens is 2. The number of hydrogen-bond donors (Lipinski definition) is 0. The fraction of sp³-hybridized carbons (Fsp3) is 0.500. The normalized spacial score (nSPS) is 23.4. The Labute approximate surface area is 125 Å². The van der Waals surface area contributed by atoms with E-state index in [0.717, 1.165) is 10.9 Å². The summed E-state index contributed by atoms with van der Waals surface area (Å²) in [6.07, 6.45) is 1.12. The summed E-state index contributed by atoms with van der Waals surface area (Å²) >= 11 is 6.61. The SMILES string of the molecule is CC1CC1CN(C)S(=O)(=O)c1cc(Br)ccc1Br. The quantitative estimate of drug-likeness (QED) is 0.781. The maximum atomic E-state index is 12.5. The van der Waals surface area contributed by atoms with E-state index in [0.29, 0.717) is 27.7 Å². The van der Waals surface area contributed by atoms with Gasteiger partial charge in [-0.2, -0.15) is 0 Å². The Kier molecular flexibility index (Phi) is 4.21. The molecule has 6 heteroatoms. The Balaban J connectivity index is 2.26. The van der Waals surface area contributed by atoms with E-state index in [-0.39, 0.29) is 0 Å². The van der Waals surface area contributed by atoms with Gasteiger partial charge in [0.15, 0.2) is 0 Å². The second kappa shape index (κ2) is 5.23. The first-order valence-electron chi connectivity index (χ1n) is 5.73. The Morgan fingerprint density at radius 3 is 2.56 bits per heavy atom. The summed E-state index contributed by atoms with van der Waals surface area (Å²) in [5.74, 6) is 1.16. The van der Waals surface area contributed by atoms with Crippen molar-refractivity contribution in [2.45, 2.75) is 18.2 Å². The number of rotatable bonds is 4.